The summed E-state index contributed by atoms with van der Waals surface area (Å²) in [6.45, 7) is 0.721. The van der Waals surface area contributed by atoms with Crippen LogP contribution in [0.25, 0.3) is 11.3 Å². The standard InChI is InChI=1S/C17H16N4O3/c18-7-10-2-1-3-11(6-10)12-4-5-19-17(20-12)21-13-8-23-16-14(22)9-24-15(13)16/h1-6,13-16,22H,8-9H2,(H,19,20,21). The predicted molar refractivity (Wildman–Crippen MR) is 85.1 cm³/mol. The van der Waals surface area contributed by atoms with Crippen LogP contribution in [0.5, 0.6) is 0 Å². The second kappa shape index (κ2) is 6.17. The van der Waals surface area contributed by atoms with Gasteiger partial charge in [0.05, 0.1) is 36.6 Å². The zero-order chi connectivity index (χ0) is 16.5. The largest absolute Gasteiger partial charge is 0.388 e. The highest BCUT2D eigenvalue weighted by Gasteiger charge is 2.47. The number of benzene rings is 1. The first-order valence-electron chi connectivity index (χ1n) is 7.76. The summed E-state index contributed by atoms with van der Waals surface area (Å²) in [5, 5.41) is 22.0. The highest BCUT2D eigenvalue weighted by atomic mass is 16.6. The number of nitrogens with one attached hydrogen (secondary N) is 1. The number of nitriles is 1. The number of aromatic nitrogens is 2. The molecular weight excluding hydrogens is 308 g/mol. The first kappa shape index (κ1) is 15.0. The molecule has 0 aliphatic carbocycles. The van der Waals surface area contributed by atoms with E-state index in [2.05, 4.69) is 21.4 Å². The Morgan fingerprint density at radius 1 is 1.21 bits per heavy atom. The molecule has 2 aliphatic rings. The average molecular weight is 324 g/mol. The van der Waals surface area contributed by atoms with Crippen LogP contribution < -0.4 is 5.32 Å². The zero-order valence-corrected chi connectivity index (χ0v) is 12.8. The van der Waals surface area contributed by atoms with Crippen LogP contribution >= 0.6 is 0 Å². The molecule has 7 heteroatoms. The van der Waals surface area contributed by atoms with Crippen LogP contribution in [-0.2, 0) is 9.47 Å². The van der Waals surface area contributed by atoms with Gasteiger partial charge in [0, 0.05) is 11.8 Å². The van der Waals surface area contributed by atoms with Crippen LogP contribution in [0.2, 0.25) is 0 Å². The molecule has 1 aromatic heterocycles. The molecule has 0 saturated carbocycles. The summed E-state index contributed by atoms with van der Waals surface area (Å²) >= 11 is 0. The lowest BCUT2D eigenvalue weighted by molar-refractivity contribution is 0.0184. The zero-order valence-electron chi connectivity index (χ0n) is 12.8. The molecule has 4 rings (SSSR count). The molecule has 4 atom stereocenters. The van der Waals surface area contributed by atoms with Crippen LogP contribution in [0.1, 0.15) is 5.56 Å². The van der Waals surface area contributed by atoms with Gasteiger partial charge >= 0.3 is 0 Å². The minimum absolute atomic E-state index is 0.104. The SMILES string of the molecule is N#Cc1cccc(-c2ccnc(NC3COC4C(O)COC34)n2)c1. The monoisotopic (exact) mass is 324 g/mol. The molecule has 4 unspecified atom stereocenters. The molecule has 0 radical (unpaired) electrons. The lowest BCUT2D eigenvalue weighted by Gasteiger charge is -2.17. The van der Waals surface area contributed by atoms with Crippen LogP contribution in [0.3, 0.4) is 0 Å². The molecule has 2 aromatic rings. The number of rotatable bonds is 3. The Morgan fingerprint density at radius 2 is 2.08 bits per heavy atom. The molecule has 7 nitrogen and oxygen atoms in total. The summed E-state index contributed by atoms with van der Waals surface area (Å²) in [6, 6.07) is 11.1. The van der Waals surface area contributed by atoms with Crippen LogP contribution in [0.4, 0.5) is 5.95 Å². The summed E-state index contributed by atoms with van der Waals surface area (Å²) < 4.78 is 11.2. The predicted octanol–water partition coefficient (Wildman–Crippen LogP) is 0.954. The van der Waals surface area contributed by atoms with Gasteiger partial charge in [0.2, 0.25) is 5.95 Å². The highest BCUT2D eigenvalue weighted by Crippen LogP contribution is 2.28. The molecule has 3 heterocycles. The molecule has 0 spiro atoms. The Labute approximate surface area is 138 Å². The second-order valence-electron chi connectivity index (χ2n) is 5.87. The van der Waals surface area contributed by atoms with E-state index in [1.54, 1.807) is 24.4 Å². The number of ether oxygens (including phenoxy) is 2. The summed E-state index contributed by atoms with van der Waals surface area (Å²) in [6.07, 6.45) is 0.594. The Kier molecular flexibility index (Phi) is 3.86. The van der Waals surface area contributed by atoms with Gasteiger partial charge in [-0.3, -0.25) is 0 Å². The van der Waals surface area contributed by atoms with Gasteiger partial charge in [-0.15, -0.1) is 0 Å². The van der Waals surface area contributed by atoms with E-state index in [4.69, 9.17) is 14.7 Å². The van der Waals surface area contributed by atoms with Gasteiger partial charge in [0.25, 0.3) is 0 Å². The van der Waals surface area contributed by atoms with Crippen molar-refractivity contribution in [3.05, 3.63) is 42.1 Å². The Hall–Kier alpha value is -2.53. The summed E-state index contributed by atoms with van der Waals surface area (Å²) in [5.74, 6) is 0.467. The van der Waals surface area contributed by atoms with Gasteiger partial charge in [0.1, 0.15) is 18.3 Å². The van der Waals surface area contributed by atoms with Gasteiger partial charge in [0.15, 0.2) is 0 Å². The van der Waals surface area contributed by atoms with E-state index in [0.717, 1.165) is 11.3 Å². The molecule has 2 aliphatic heterocycles. The highest BCUT2D eigenvalue weighted by molar-refractivity contribution is 5.62. The number of anilines is 1. The third kappa shape index (κ3) is 2.71. The fourth-order valence-electron chi connectivity index (χ4n) is 3.11. The molecule has 2 saturated heterocycles. The molecule has 0 amide bonds. The van der Waals surface area contributed by atoms with Gasteiger partial charge in [-0.25, -0.2) is 9.97 Å². The summed E-state index contributed by atoms with van der Waals surface area (Å²) in [4.78, 5) is 8.75. The number of hydrogen-bond donors (Lipinski definition) is 2. The van der Waals surface area contributed by atoms with Crippen molar-refractivity contribution in [1.29, 1.82) is 5.26 Å². The minimum Gasteiger partial charge on any atom is -0.388 e. The second-order valence-corrected chi connectivity index (χ2v) is 5.87. The van der Waals surface area contributed by atoms with Crippen molar-refractivity contribution in [3.63, 3.8) is 0 Å². The normalized spacial score (nSPS) is 28.3. The molecule has 2 fully saturated rings. The minimum atomic E-state index is -0.581. The first-order chi connectivity index (χ1) is 11.7. The van der Waals surface area contributed by atoms with E-state index in [9.17, 15) is 5.11 Å². The molecule has 122 valence electrons. The third-order valence-electron chi connectivity index (χ3n) is 4.28. The van der Waals surface area contributed by atoms with E-state index in [1.165, 1.54) is 0 Å². The van der Waals surface area contributed by atoms with Gasteiger partial charge in [-0.05, 0) is 18.2 Å². The molecular formula is C17H16N4O3. The summed E-state index contributed by atoms with van der Waals surface area (Å²) in [7, 11) is 0. The fraction of sp³-hybridized carbons (Fsp3) is 0.353. The average Bonchev–Trinajstić information content (AvgIpc) is 3.19. The van der Waals surface area contributed by atoms with E-state index in [0.29, 0.717) is 18.1 Å². The lowest BCUT2D eigenvalue weighted by Crippen LogP contribution is -2.36. The van der Waals surface area contributed by atoms with Crippen LogP contribution in [0.15, 0.2) is 36.5 Å². The van der Waals surface area contributed by atoms with Crippen molar-refractivity contribution in [2.75, 3.05) is 18.5 Å². The fourth-order valence-corrected chi connectivity index (χ4v) is 3.11. The lowest BCUT2D eigenvalue weighted by atomic mass is 10.1. The maximum absolute atomic E-state index is 9.79. The first-order valence-corrected chi connectivity index (χ1v) is 7.76. The number of hydrogen-bond acceptors (Lipinski definition) is 7. The van der Waals surface area contributed by atoms with E-state index in [-0.39, 0.29) is 24.9 Å². The quantitative estimate of drug-likeness (QED) is 0.867. The Morgan fingerprint density at radius 3 is 2.96 bits per heavy atom. The van der Waals surface area contributed by atoms with Crippen molar-refractivity contribution < 1.29 is 14.6 Å². The topological polar surface area (TPSA) is 100 Å². The van der Waals surface area contributed by atoms with Crippen molar-refractivity contribution in [1.82, 2.24) is 9.97 Å². The van der Waals surface area contributed by atoms with Gasteiger partial charge < -0.3 is 19.9 Å². The molecule has 0 bridgehead atoms. The number of nitrogens with zero attached hydrogens (tertiary/aromatic N) is 3. The number of fused-ring (bicyclic) bond motifs is 1. The molecule has 1 aromatic carbocycles. The summed E-state index contributed by atoms with van der Waals surface area (Å²) in [5.41, 5.74) is 2.17. The van der Waals surface area contributed by atoms with Crippen molar-refractivity contribution in [3.8, 4) is 17.3 Å². The molecule has 24 heavy (non-hydrogen) atoms. The number of aliphatic hydroxyl groups is 1. The van der Waals surface area contributed by atoms with Crippen LogP contribution in [-0.4, -0.2) is 52.6 Å². The number of aliphatic hydroxyl groups excluding tert-OH is 1. The Balaban J connectivity index is 1.54. The Bertz CT molecular complexity index is 791. The maximum atomic E-state index is 9.79. The van der Waals surface area contributed by atoms with E-state index in [1.807, 2.05) is 12.1 Å². The maximum Gasteiger partial charge on any atom is 0.223 e. The van der Waals surface area contributed by atoms with E-state index < -0.39 is 6.10 Å². The van der Waals surface area contributed by atoms with Crippen molar-refractivity contribution >= 4 is 5.95 Å². The van der Waals surface area contributed by atoms with Gasteiger partial charge in [-0.2, -0.15) is 5.26 Å². The van der Waals surface area contributed by atoms with Crippen LogP contribution in [0, 0.1) is 11.3 Å². The third-order valence-corrected chi connectivity index (χ3v) is 4.28. The smallest absolute Gasteiger partial charge is 0.223 e. The molecule has 2 N–H and O–H groups in total. The van der Waals surface area contributed by atoms with Crippen molar-refractivity contribution in [2.24, 2.45) is 0 Å². The van der Waals surface area contributed by atoms with Gasteiger partial charge in [-0.1, -0.05) is 12.1 Å². The van der Waals surface area contributed by atoms with E-state index >= 15 is 0 Å². The van der Waals surface area contributed by atoms with Crippen molar-refractivity contribution in [2.45, 2.75) is 24.4 Å².